The predicted octanol–water partition coefficient (Wildman–Crippen LogP) is -0.758. The number of aromatic nitrogens is 1. The van der Waals surface area contributed by atoms with E-state index in [4.69, 9.17) is 9.15 Å². The Morgan fingerprint density at radius 2 is 1.81 bits per heavy atom. The number of hydrogen-bond donors (Lipinski definition) is 0. The third-order valence-electron chi connectivity index (χ3n) is 4.28. The SMILES string of the molecule is CS(=O)(=O)N1CCN(C(=O)COC(=O)Cn2c(=O)oc3ccccc32)CC1. The molecule has 146 valence electrons. The lowest BCUT2D eigenvalue weighted by molar-refractivity contribution is -0.153. The van der Waals surface area contributed by atoms with Crippen LogP contribution in [0.5, 0.6) is 0 Å². The Bertz CT molecular complexity index is 1020. The van der Waals surface area contributed by atoms with Gasteiger partial charge in [-0.2, -0.15) is 4.31 Å². The molecule has 0 spiro atoms. The summed E-state index contributed by atoms with van der Waals surface area (Å²) < 4.78 is 35.4. The fourth-order valence-electron chi connectivity index (χ4n) is 2.84. The Balaban J connectivity index is 1.53. The number of nitrogens with zero attached hydrogens (tertiary/aromatic N) is 3. The van der Waals surface area contributed by atoms with Gasteiger partial charge < -0.3 is 14.1 Å². The first kappa shape index (κ1) is 19.1. The van der Waals surface area contributed by atoms with Crippen molar-refractivity contribution in [3.8, 4) is 0 Å². The van der Waals surface area contributed by atoms with E-state index >= 15 is 0 Å². The number of esters is 1. The highest BCUT2D eigenvalue weighted by molar-refractivity contribution is 7.88. The van der Waals surface area contributed by atoms with Gasteiger partial charge in [-0.15, -0.1) is 0 Å². The molecule has 0 saturated carbocycles. The molecule has 0 aliphatic carbocycles. The third-order valence-corrected chi connectivity index (χ3v) is 5.58. The molecule has 0 radical (unpaired) electrons. The zero-order valence-electron chi connectivity index (χ0n) is 14.7. The number of para-hydroxylation sites is 2. The van der Waals surface area contributed by atoms with Crippen molar-refractivity contribution in [1.29, 1.82) is 0 Å². The summed E-state index contributed by atoms with van der Waals surface area (Å²) in [6, 6.07) is 6.66. The van der Waals surface area contributed by atoms with Gasteiger partial charge >= 0.3 is 11.7 Å². The van der Waals surface area contributed by atoms with Crippen molar-refractivity contribution in [3.63, 3.8) is 0 Å². The fraction of sp³-hybridized carbons (Fsp3) is 0.438. The number of amides is 1. The monoisotopic (exact) mass is 397 g/mol. The number of rotatable bonds is 5. The van der Waals surface area contributed by atoms with Gasteiger partial charge in [0.05, 0.1) is 11.8 Å². The van der Waals surface area contributed by atoms with Gasteiger partial charge in [0.15, 0.2) is 12.2 Å². The van der Waals surface area contributed by atoms with Crippen molar-refractivity contribution >= 4 is 33.0 Å². The van der Waals surface area contributed by atoms with Crippen LogP contribution in [0.25, 0.3) is 11.1 Å². The Hall–Kier alpha value is -2.66. The molecule has 1 amide bonds. The summed E-state index contributed by atoms with van der Waals surface area (Å²) in [7, 11) is -3.28. The molecule has 1 aliphatic heterocycles. The first-order valence-electron chi connectivity index (χ1n) is 8.22. The van der Waals surface area contributed by atoms with E-state index in [0.29, 0.717) is 11.1 Å². The Morgan fingerprint density at radius 1 is 1.15 bits per heavy atom. The first-order valence-corrected chi connectivity index (χ1v) is 10.1. The molecule has 3 rings (SSSR count). The standard InChI is InChI=1S/C16H19N3O7S/c1-27(23,24)18-8-6-17(7-9-18)14(20)11-25-15(21)10-19-12-4-2-3-5-13(12)26-16(19)22/h2-5H,6-11H2,1H3. The molecule has 10 nitrogen and oxygen atoms in total. The van der Waals surface area contributed by atoms with E-state index in [0.717, 1.165) is 10.8 Å². The number of benzene rings is 1. The third kappa shape index (κ3) is 4.37. The van der Waals surface area contributed by atoms with Gasteiger partial charge in [0.2, 0.25) is 10.0 Å². The summed E-state index contributed by atoms with van der Waals surface area (Å²) in [6.07, 6.45) is 1.12. The number of hydrogen-bond acceptors (Lipinski definition) is 7. The zero-order valence-corrected chi connectivity index (χ0v) is 15.5. The van der Waals surface area contributed by atoms with Crippen LogP contribution in [0.2, 0.25) is 0 Å². The maximum atomic E-state index is 12.1. The second-order valence-electron chi connectivity index (χ2n) is 6.13. The zero-order chi connectivity index (χ0) is 19.6. The summed E-state index contributed by atoms with van der Waals surface area (Å²) in [4.78, 5) is 37.4. The van der Waals surface area contributed by atoms with Crippen LogP contribution in [0.3, 0.4) is 0 Å². The molecule has 1 fully saturated rings. The summed E-state index contributed by atoms with van der Waals surface area (Å²) in [5, 5.41) is 0. The number of carbonyl (C=O) groups excluding carboxylic acids is 2. The molecule has 2 aromatic rings. The molecule has 2 heterocycles. The minimum absolute atomic E-state index is 0.203. The normalized spacial score (nSPS) is 15.8. The van der Waals surface area contributed by atoms with Gasteiger partial charge in [0.25, 0.3) is 5.91 Å². The average Bonchev–Trinajstić information content (AvgIpc) is 2.94. The van der Waals surface area contributed by atoms with Crippen molar-refractivity contribution in [2.45, 2.75) is 6.54 Å². The van der Waals surface area contributed by atoms with Crippen molar-refractivity contribution in [1.82, 2.24) is 13.8 Å². The minimum atomic E-state index is -3.28. The highest BCUT2D eigenvalue weighted by Crippen LogP contribution is 2.11. The van der Waals surface area contributed by atoms with Crippen molar-refractivity contribution in [2.24, 2.45) is 0 Å². The largest absolute Gasteiger partial charge is 0.454 e. The second kappa shape index (κ2) is 7.53. The fourth-order valence-corrected chi connectivity index (χ4v) is 3.67. The van der Waals surface area contributed by atoms with Crippen LogP contribution in [0.15, 0.2) is 33.5 Å². The van der Waals surface area contributed by atoms with Crippen LogP contribution in [0, 0.1) is 0 Å². The lowest BCUT2D eigenvalue weighted by atomic mass is 10.3. The van der Waals surface area contributed by atoms with Crippen LogP contribution in [-0.4, -0.2) is 73.1 Å². The van der Waals surface area contributed by atoms with Gasteiger partial charge in [-0.25, -0.2) is 13.2 Å². The number of oxazole rings is 1. The maximum absolute atomic E-state index is 12.1. The highest BCUT2D eigenvalue weighted by Gasteiger charge is 2.26. The molecular weight excluding hydrogens is 378 g/mol. The second-order valence-corrected chi connectivity index (χ2v) is 8.11. The molecule has 11 heteroatoms. The van der Waals surface area contributed by atoms with E-state index in [1.165, 1.54) is 9.21 Å². The van der Waals surface area contributed by atoms with Crippen LogP contribution in [0.1, 0.15) is 0 Å². The van der Waals surface area contributed by atoms with E-state index in [1.807, 2.05) is 0 Å². The lowest BCUT2D eigenvalue weighted by Gasteiger charge is -2.33. The van der Waals surface area contributed by atoms with Crippen LogP contribution in [-0.2, 0) is 30.9 Å². The molecule has 1 aromatic carbocycles. The van der Waals surface area contributed by atoms with E-state index in [1.54, 1.807) is 24.3 Å². The summed E-state index contributed by atoms with van der Waals surface area (Å²) in [6.45, 7) is 0.0294. The Kier molecular flexibility index (Phi) is 5.33. The van der Waals surface area contributed by atoms with E-state index in [9.17, 15) is 22.8 Å². The first-order chi connectivity index (χ1) is 12.8. The summed E-state index contributed by atoms with van der Waals surface area (Å²) in [5.74, 6) is -1.84. The lowest BCUT2D eigenvalue weighted by Crippen LogP contribution is -2.51. The molecule has 0 bridgehead atoms. The van der Waals surface area contributed by atoms with Crippen molar-refractivity contribution in [2.75, 3.05) is 39.0 Å². The minimum Gasteiger partial charge on any atom is -0.454 e. The number of carbonyl (C=O) groups is 2. The molecule has 27 heavy (non-hydrogen) atoms. The molecule has 0 unspecified atom stereocenters. The van der Waals surface area contributed by atoms with Crippen LogP contribution < -0.4 is 5.76 Å². The average molecular weight is 397 g/mol. The Labute approximate surface area is 154 Å². The molecule has 1 saturated heterocycles. The quantitative estimate of drug-likeness (QED) is 0.609. The Morgan fingerprint density at radius 3 is 2.48 bits per heavy atom. The van der Waals surface area contributed by atoms with E-state index in [2.05, 4.69) is 0 Å². The maximum Gasteiger partial charge on any atom is 0.420 e. The number of sulfonamides is 1. The highest BCUT2D eigenvalue weighted by atomic mass is 32.2. The van der Waals surface area contributed by atoms with Gasteiger partial charge in [0, 0.05) is 26.2 Å². The van der Waals surface area contributed by atoms with E-state index in [-0.39, 0.29) is 32.7 Å². The van der Waals surface area contributed by atoms with Gasteiger partial charge in [0.1, 0.15) is 6.54 Å². The van der Waals surface area contributed by atoms with Crippen molar-refractivity contribution in [3.05, 3.63) is 34.8 Å². The number of piperazine rings is 1. The number of ether oxygens (including phenoxy) is 1. The molecule has 0 atom stereocenters. The predicted molar refractivity (Wildman–Crippen MR) is 94.4 cm³/mol. The summed E-state index contributed by atoms with van der Waals surface area (Å²) in [5.41, 5.74) is 0.817. The smallest absolute Gasteiger partial charge is 0.420 e. The molecular formula is C16H19N3O7S. The van der Waals surface area contributed by atoms with Gasteiger partial charge in [-0.3, -0.25) is 14.2 Å². The van der Waals surface area contributed by atoms with Gasteiger partial charge in [-0.1, -0.05) is 12.1 Å². The summed E-state index contributed by atoms with van der Waals surface area (Å²) >= 11 is 0. The van der Waals surface area contributed by atoms with Crippen molar-refractivity contribution < 1.29 is 27.2 Å². The topological polar surface area (TPSA) is 119 Å². The van der Waals surface area contributed by atoms with E-state index < -0.39 is 34.3 Å². The van der Waals surface area contributed by atoms with Gasteiger partial charge in [-0.05, 0) is 12.1 Å². The molecule has 1 aromatic heterocycles. The molecule has 0 N–H and O–H groups in total. The number of fused-ring (bicyclic) bond motifs is 1. The van der Waals surface area contributed by atoms with Crippen LogP contribution >= 0.6 is 0 Å². The van der Waals surface area contributed by atoms with Crippen LogP contribution in [0.4, 0.5) is 0 Å². The molecule has 1 aliphatic rings.